The van der Waals surface area contributed by atoms with E-state index in [9.17, 15) is 14.4 Å². The quantitative estimate of drug-likeness (QED) is 0.501. The SMILES string of the molecule is COc1ccccc1N1C[C@@H](C(=O)O[C@@H](C)C(=O)c2c[nH]c3ccccc23)CC1=O. The normalized spacial score (nSPS) is 17.2. The molecule has 0 saturated carbocycles. The Morgan fingerprint density at radius 1 is 1.13 bits per heavy atom. The number of anilines is 1. The molecule has 1 saturated heterocycles. The van der Waals surface area contributed by atoms with Crippen molar-refractivity contribution in [3.05, 3.63) is 60.3 Å². The third kappa shape index (κ3) is 3.54. The number of ether oxygens (including phenoxy) is 2. The molecule has 7 heteroatoms. The number of benzene rings is 2. The van der Waals surface area contributed by atoms with E-state index in [0.29, 0.717) is 17.0 Å². The van der Waals surface area contributed by atoms with Gasteiger partial charge in [0, 0.05) is 35.6 Å². The van der Waals surface area contributed by atoms with Crippen molar-refractivity contribution in [3.8, 4) is 5.75 Å². The van der Waals surface area contributed by atoms with Gasteiger partial charge in [-0.3, -0.25) is 14.4 Å². The number of esters is 1. The van der Waals surface area contributed by atoms with E-state index in [4.69, 9.17) is 9.47 Å². The number of hydrogen-bond donors (Lipinski definition) is 1. The molecule has 3 aromatic rings. The molecule has 2 aromatic carbocycles. The zero-order chi connectivity index (χ0) is 21.3. The van der Waals surface area contributed by atoms with Crippen molar-refractivity contribution in [2.75, 3.05) is 18.6 Å². The van der Waals surface area contributed by atoms with Crippen LogP contribution in [0.1, 0.15) is 23.7 Å². The van der Waals surface area contributed by atoms with Crippen molar-refractivity contribution in [3.63, 3.8) is 0 Å². The Bertz CT molecular complexity index is 1120. The Kier molecular flexibility index (Phi) is 5.27. The minimum atomic E-state index is -0.952. The number of ketones is 1. The first kappa shape index (κ1) is 19.7. The van der Waals surface area contributed by atoms with Crippen molar-refractivity contribution in [2.24, 2.45) is 5.92 Å². The Morgan fingerprint density at radius 3 is 2.67 bits per heavy atom. The number of rotatable bonds is 6. The van der Waals surface area contributed by atoms with Gasteiger partial charge in [-0.15, -0.1) is 0 Å². The number of amides is 1. The molecule has 1 aromatic heterocycles. The minimum absolute atomic E-state index is 0.0326. The number of methoxy groups -OCH3 is 1. The number of Topliss-reactive ketones (excluding diaryl/α,β-unsaturated/α-hetero) is 1. The first-order valence-electron chi connectivity index (χ1n) is 9.73. The lowest BCUT2D eigenvalue weighted by Crippen LogP contribution is -2.30. The predicted octanol–water partition coefficient (Wildman–Crippen LogP) is 3.34. The van der Waals surface area contributed by atoms with Crippen LogP contribution in [0.15, 0.2) is 54.7 Å². The summed E-state index contributed by atoms with van der Waals surface area (Å²) in [4.78, 5) is 42.6. The molecular weight excluding hydrogens is 384 g/mol. The fraction of sp³-hybridized carbons (Fsp3) is 0.261. The van der Waals surface area contributed by atoms with Gasteiger partial charge in [-0.1, -0.05) is 30.3 Å². The third-order valence-corrected chi connectivity index (χ3v) is 5.35. The smallest absolute Gasteiger partial charge is 0.312 e. The van der Waals surface area contributed by atoms with Crippen LogP contribution in [0, 0.1) is 5.92 Å². The van der Waals surface area contributed by atoms with Gasteiger partial charge in [-0.2, -0.15) is 0 Å². The van der Waals surface area contributed by atoms with Crippen LogP contribution in [0.25, 0.3) is 10.9 Å². The molecule has 0 unspecified atom stereocenters. The summed E-state index contributed by atoms with van der Waals surface area (Å²) in [5, 5.41) is 0.781. The van der Waals surface area contributed by atoms with E-state index in [2.05, 4.69) is 4.98 Å². The molecule has 0 radical (unpaired) electrons. The Hall–Kier alpha value is -3.61. The second-order valence-electron chi connectivity index (χ2n) is 7.27. The second-order valence-corrected chi connectivity index (χ2v) is 7.27. The molecule has 1 fully saturated rings. The van der Waals surface area contributed by atoms with Crippen LogP contribution in [0.2, 0.25) is 0 Å². The van der Waals surface area contributed by atoms with Crippen LogP contribution < -0.4 is 9.64 Å². The molecule has 2 heterocycles. The fourth-order valence-electron chi connectivity index (χ4n) is 3.77. The van der Waals surface area contributed by atoms with Crippen molar-refractivity contribution in [1.82, 2.24) is 4.98 Å². The molecule has 0 aliphatic carbocycles. The number of carbonyl (C=O) groups is 3. The summed E-state index contributed by atoms with van der Waals surface area (Å²) in [6.07, 6.45) is 0.706. The Labute approximate surface area is 173 Å². The van der Waals surface area contributed by atoms with E-state index in [1.165, 1.54) is 12.0 Å². The molecule has 7 nitrogen and oxygen atoms in total. The average molecular weight is 406 g/mol. The number of H-pyrrole nitrogens is 1. The summed E-state index contributed by atoms with van der Waals surface area (Å²) in [6, 6.07) is 14.6. The molecule has 1 N–H and O–H groups in total. The van der Waals surface area contributed by atoms with Crippen molar-refractivity contribution in [2.45, 2.75) is 19.4 Å². The van der Waals surface area contributed by atoms with Crippen molar-refractivity contribution >= 4 is 34.3 Å². The topological polar surface area (TPSA) is 88.7 Å². The minimum Gasteiger partial charge on any atom is -0.495 e. The van der Waals surface area contributed by atoms with E-state index in [1.807, 2.05) is 30.3 Å². The maximum Gasteiger partial charge on any atom is 0.312 e. The number of nitrogens with one attached hydrogen (secondary N) is 1. The largest absolute Gasteiger partial charge is 0.495 e. The molecule has 1 amide bonds. The highest BCUT2D eigenvalue weighted by atomic mass is 16.5. The van der Waals surface area contributed by atoms with Crippen LogP contribution >= 0.6 is 0 Å². The number of carbonyl (C=O) groups excluding carboxylic acids is 3. The number of hydrogen-bond acceptors (Lipinski definition) is 5. The van der Waals surface area contributed by atoms with E-state index in [1.54, 1.807) is 31.3 Å². The Morgan fingerprint density at radius 2 is 1.87 bits per heavy atom. The van der Waals surface area contributed by atoms with E-state index in [0.717, 1.165) is 10.9 Å². The maximum absolute atomic E-state index is 12.8. The zero-order valence-electron chi connectivity index (χ0n) is 16.8. The highest BCUT2D eigenvalue weighted by molar-refractivity contribution is 6.10. The summed E-state index contributed by atoms with van der Waals surface area (Å²) in [7, 11) is 1.53. The lowest BCUT2D eigenvalue weighted by molar-refractivity contribution is -0.151. The fourth-order valence-corrected chi connectivity index (χ4v) is 3.77. The molecule has 2 atom stereocenters. The first-order chi connectivity index (χ1) is 14.5. The van der Waals surface area contributed by atoms with Gasteiger partial charge in [0.25, 0.3) is 0 Å². The summed E-state index contributed by atoms with van der Waals surface area (Å²) in [5.41, 5.74) is 1.93. The molecular formula is C23H22N2O5. The summed E-state index contributed by atoms with van der Waals surface area (Å²) >= 11 is 0. The van der Waals surface area contributed by atoms with Gasteiger partial charge >= 0.3 is 5.97 Å². The van der Waals surface area contributed by atoms with Crippen molar-refractivity contribution in [1.29, 1.82) is 0 Å². The summed E-state index contributed by atoms with van der Waals surface area (Å²) in [5.74, 6) is -1.10. The average Bonchev–Trinajstić information content (AvgIpc) is 3.36. The van der Waals surface area contributed by atoms with Gasteiger partial charge in [-0.25, -0.2) is 0 Å². The first-order valence-corrected chi connectivity index (χ1v) is 9.73. The van der Waals surface area contributed by atoms with Crippen LogP contribution in [-0.4, -0.2) is 42.4 Å². The monoisotopic (exact) mass is 406 g/mol. The van der Waals surface area contributed by atoms with Crippen molar-refractivity contribution < 1.29 is 23.9 Å². The van der Waals surface area contributed by atoms with Gasteiger partial charge < -0.3 is 19.4 Å². The molecule has 1 aliphatic heterocycles. The molecule has 0 spiro atoms. The highest BCUT2D eigenvalue weighted by Crippen LogP contribution is 2.33. The standard InChI is InChI=1S/C23H22N2O5/c1-14(22(27)17-12-24-18-8-4-3-7-16(17)18)30-23(28)15-11-21(26)25(13-15)19-9-5-6-10-20(19)29-2/h3-10,12,14-15,24H,11,13H2,1-2H3/t14-,15-/m0/s1. The van der Waals surface area contributed by atoms with Crippen LogP contribution in [0.5, 0.6) is 5.75 Å². The van der Waals surface area contributed by atoms with E-state index in [-0.39, 0.29) is 24.7 Å². The van der Waals surface area contributed by atoms with Crippen LogP contribution in [0.4, 0.5) is 5.69 Å². The number of nitrogens with zero attached hydrogens (tertiary/aromatic N) is 1. The summed E-state index contributed by atoms with van der Waals surface area (Å²) < 4.78 is 10.8. The lowest BCUT2D eigenvalue weighted by Gasteiger charge is -2.19. The van der Waals surface area contributed by atoms with Gasteiger partial charge in [0.2, 0.25) is 11.7 Å². The number of para-hydroxylation sites is 3. The van der Waals surface area contributed by atoms with Gasteiger partial charge in [-0.05, 0) is 25.1 Å². The predicted molar refractivity (Wildman–Crippen MR) is 112 cm³/mol. The molecule has 1 aliphatic rings. The summed E-state index contributed by atoms with van der Waals surface area (Å²) in [6.45, 7) is 1.74. The molecule has 0 bridgehead atoms. The second kappa shape index (κ2) is 8.02. The third-order valence-electron chi connectivity index (χ3n) is 5.35. The van der Waals surface area contributed by atoms with Crippen LogP contribution in [-0.2, 0) is 14.3 Å². The lowest BCUT2D eigenvalue weighted by atomic mass is 10.1. The molecule has 4 rings (SSSR count). The van der Waals surface area contributed by atoms with Crippen LogP contribution in [0.3, 0.4) is 0 Å². The van der Waals surface area contributed by atoms with E-state index >= 15 is 0 Å². The maximum atomic E-state index is 12.8. The number of aromatic nitrogens is 1. The highest BCUT2D eigenvalue weighted by Gasteiger charge is 2.38. The zero-order valence-corrected chi connectivity index (χ0v) is 16.8. The molecule has 30 heavy (non-hydrogen) atoms. The van der Waals surface area contributed by atoms with Gasteiger partial charge in [0.1, 0.15) is 5.75 Å². The van der Waals surface area contributed by atoms with Gasteiger partial charge in [0.05, 0.1) is 18.7 Å². The van der Waals surface area contributed by atoms with E-state index < -0.39 is 18.0 Å². The molecule has 154 valence electrons. The Balaban J connectivity index is 1.45. The number of aromatic amines is 1. The number of fused-ring (bicyclic) bond motifs is 1. The van der Waals surface area contributed by atoms with Gasteiger partial charge in [0.15, 0.2) is 6.10 Å².